The first-order chi connectivity index (χ1) is 8.59. The molecule has 1 aliphatic carbocycles. The molecule has 0 spiro atoms. The Bertz CT molecular complexity index is 321. The molecule has 2 rings (SSSR count). The van der Waals surface area contributed by atoms with Gasteiger partial charge in [0.15, 0.2) is 0 Å². The zero-order valence-electron chi connectivity index (χ0n) is 11.1. The largest absolute Gasteiger partial charge is 0.388 e. The number of ether oxygens (including phenoxy) is 1. The van der Waals surface area contributed by atoms with Crippen LogP contribution in [-0.4, -0.2) is 48.3 Å². The highest BCUT2D eigenvalue weighted by atomic mass is 16.5. The Kier molecular flexibility index (Phi) is 4.40. The predicted molar refractivity (Wildman–Crippen MR) is 69.1 cm³/mol. The molecule has 1 unspecified atom stereocenters. The standard InChI is InChI=1S/C14H23NO3/c1-15(11-14(17)6-8-18-9-7-14)13(16)10-12-4-2-3-5-12/h2,4,12,17H,3,5-11H2,1H3. The van der Waals surface area contributed by atoms with E-state index in [1.165, 1.54) is 0 Å². The number of carbonyl (C=O) groups is 1. The van der Waals surface area contributed by atoms with Gasteiger partial charge in [0.1, 0.15) is 0 Å². The first-order valence-electron chi connectivity index (χ1n) is 6.80. The molecule has 1 saturated heterocycles. The summed E-state index contributed by atoms with van der Waals surface area (Å²) in [5, 5.41) is 10.4. The first kappa shape index (κ1) is 13.6. The number of amides is 1. The molecule has 0 aromatic carbocycles. The molecule has 0 aromatic heterocycles. The highest BCUT2D eigenvalue weighted by Gasteiger charge is 2.32. The summed E-state index contributed by atoms with van der Waals surface area (Å²) in [6.45, 7) is 1.60. The summed E-state index contributed by atoms with van der Waals surface area (Å²) in [6.07, 6.45) is 8.25. The molecule has 2 aliphatic rings. The second kappa shape index (κ2) is 5.85. The predicted octanol–water partition coefficient (Wildman–Crippen LogP) is 1.34. The van der Waals surface area contributed by atoms with Crippen molar-refractivity contribution >= 4 is 5.91 Å². The molecule has 1 aliphatic heterocycles. The maximum atomic E-state index is 12.1. The van der Waals surface area contributed by atoms with E-state index in [-0.39, 0.29) is 5.91 Å². The van der Waals surface area contributed by atoms with Gasteiger partial charge in [-0.1, -0.05) is 12.2 Å². The Morgan fingerprint density at radius 1 is 1.50 bits per heavy atom. The summed E-state index contributed by atoms with van der Waals surface area (Å²) < 4.78 is 5.24. The van der Waals surface area contributed by atoms with Crippen molar-refractivity contribution in [1.82, 2.24) is 4.90 Å². The lowest BCUT2D eigenvalue weighted by molar-refractivity contribution is -0.137. The highest BCUT2D eigenvalue weighted by molar-refractivity contribution is 5.76. The number of likely N-dealkylation sites (N-methyl/N-ethyl adjacent to an activating group) is 1. The van der Waals surface area contributed by atoms with Gasteiger partial charge in [0.05, 0.1) is 5.60 Å². The van der Waals surface area contributed by atoms with Crippen LogP contribution in [0.15, 0.2) is 12.2 Å². The Morgan fingerprint density at radius 3 is 2.83 bits per heavy atom. The van der Waals surface area contributed by atoms with E-state index in [0.29, 0.717) is 44.9 Å². The minimum atomic E-state index is -0.756. The van der Waals surface area contributed by atoms with E-state index in [1.807, 2.05) is 0 Å². The molecule has 18 heavy (non-hydrogen) atoms. The van der Waals surface area contributed by atoms with Gasteiger partial charge < -0.3 is 14.7 Å². The van der Waals surface area contributed by atoms with E-state index < -0.39 is 5.60 Å². The van der Waals surface area contributed by atoms with Crippen molar-refractivity contribution in [3.05, 3.63) is 12.2 Å². The van der Waals surface area contributed by atoms with Crippen LogP contribution in [0.5, 0.6) is 0 Å². The molecule has 1 amide bonds. The molecule has 1 fully saturated rings. The Hall–Kier alpha value is -0.870. The number of hydrogen-bond donors (Lipinski definition) is 1. The van der Waals surface area contributed by atoms with Crippen molar-refractivity contribution in [1.29, 1.82) is 0 Å². The molecule has 4 nitrogen and oxygen atoms in total. The second-order valence-corrected chi connectivity index (χ2v) is 5.56. The van der Waals surface area contributed by atoms with Gasteiger partial charge in [0, 0.05) is 46.1 Å². The van der Waals surface area contributed by atoms with Crippen molar-refractivity contribution in [2.75, 3.05) is 26.8 Å². The number of allylic oxidation sites excluding steroid dienone is 2. The fourth-order valence-corrected chi connectivity index (χ4v) is 2.68. The zero-order chi connectivity index (χ0) is 13.0. The summed E-state index contributed by atoms with van der Waals surface area (Å²) in [7, 11) is 1.79. The summed E-state index contributed by atoms with van der Waals surface area (Å²) in [5.74, 6) is 0.524. The lowest BCUT2D eigenvalue weighted by Gasteiger charge is -2.35. The van der Waals surface area contributed by atoms with Crippen LogP contribution < -0.4 is 0 Å². The fourth-order valence-electron chi connectivity index (χ4n) is 2.68. The van der Waals surface area contributed by atoms with E-state index in [1.54, 1.807) is 11.9 Å². The molecular weight excluding hydrogens is 230 g/mol. The Morgan fingerprint density at radius 2 is 2.22 bits per heavy atom. The SMILES string of the molecule is CN(CC1(O)CCOCC1)C(=O)CC1C=CCC1. The van der Waals surface area contributed by atoms with Gasteiger partial charge in [-0.25, -0.2) is 0 Å². The summed E-state index contributed by atoms with van der Waals surface area (Å²) >= 11 is 0. The van der Waals surface area contributed by atoms with E-state index in [0.717, 1.165) is 12.8 Å². The van der Waals surface area contributed by atoms with E-state index in [4.69, 9.17) is 4.74 Å². The maximum Gasteiger partial charge on any atom is 0.222 e. The molecule has 0 radical (unpaired) electrons. The average Bonchev–Trinajstić information content (AvgIpc) is 2.82. The first-order valence-corrected chi connectivity index (χ1v) is 6.80. The van der Waals surface area contributed by atoms with Crippen molar-refractivity contribution in [3.8, 4) is 0 Å². The van der Waals surface area contributed by atoms with E-state index >= 15 is 0 Å². The van der Waals surface area contributed by atoms with Crippen LogP contribution >= 0.6 is 0 Å². The van der Waals surface area contributed by atoms with Crippen LogP contribution in [-0.2, 0) is 9.53 Å². The van der Waals surface area contributed by atoms with Crippen molar-refractivity contribution in [3.63, 3.8) is 0 Å². The van der Waals surface area contributed by atoms with Gasteiger partial charge in [-0.3, -0.25) is 4.79 Å². The maximum absolute atomic E-state index is 12.1. The van der Waals surface area contributed by atoms with Crippen LogP contribution in [0.1, 0.15) is 32.1 Å². The smallest absolute Gasteiger partial charge is 0.222 e. The Balaban J connectivity index is 1.80. The van der Waals surface area contributed by atoms with Gasteiger partial charge in [-0.05, 0) is 18.8 Å². The summed E-state index contributed by atoms with van der Waals surface area (Å²) in [5.41, 5.74) is -0.756. The highest BCUT2D eigenvalue weighted by Crippen LogP contribution is 2.24. The van der Waals surface area contributed by atoms with Crippen LogP contribution in [0.25, 0.3) is 0 Å². The molecule has 1 atom stereocenters. The van der Waals surface area contributed by atoms with Crippen LogP contribution in [0.4, 0.5) is 0 Å². The van der Waals surface area contributed by atoms with Gasteiger partial charge in [0.2, 0.25) is 5.91 Å². The Labute approximate surface area is 109 Å². The minimum Gasteiger partial charge on any atom is -0.388 e. The molecular formula is C14H23NO3. The van der Waals surface area contributed by atoms with E-state index in [9.17, 15) is 9.90 Å². The lowest BCUT2D eigenvalue weighted by Crippen LogP contribution is -2.47. The molecule has 102 valence electrons. The molecule has 1 heterocycles. The normalized spacial score (nSPS) is 26.2. The number of carbonyl (C=O) groups excluding carboxylic acids is 1. The van der Waals surface area contributed by atoms with Crippen molar-refractivity contribution in [2.45, 2.75) is 37.7 Å². The molecule has 0 aromatic rings. The topological polar surface area (TPSA) is 49.8 Å². The van der Waals surface area contributed by atoms with Gasteiger partial charge in [0.25, 0.3) is 0 Å². The third-order valence-corrected chi connectivity index (χ3v) is 3.93. The van der Waals surface area contributed by atoms with Gasteiger partial charge in [-0.15, -0.1) is 0 Å². The number of hydrogen-bond acceptors (Lipinski definition) is 3. The monoisotopic (exact) mass is 253 g/mol. The number of rotatable bonds is 4. The quantitative estimate of drug-likeness (QED) is 0.769. The fraction of sp³-hybridized carbons (Fsp3) is 0.786. The lowest BCUT2D eigenvalue weighted by atomic mass is 9.93. The number of nitrogens with zero attached hydrogens (tertiary/aromatic N) is 1. The van der Waals surface area contributed by atoms with Crippen LogP contribution in [0.3, 0.4) is 0 Å². The van der Waals surface area contributed by atoms with Gasteiger partial charge in [-0.2, -0.15) is 0 Å². The van der Waals surface area contributed by atoms with Crippen LogP contribution in [0.2, 0.25) is 0 Å². The third kappa shape index (κ3) is 3.56. The van der Waals surface area contributed by atoms with Crippen LogP contribution in [0, 0.1) is 5.92 Å². The second-order valence-electron chi connectivity index (χ2n) is 5.56. The molecule has 0 bridgehead atoms. The molecule has 1 N–H and O–H groups in total. The van der Waals surface area contributed by atoms with Crippen molar-refractivity contribution < 1.29 is 14.6 Å². The molecule has 0 saturated carbocycles. The summed E-state index contributed by atoms with van der Waals surface area (Å²) in [4.78, 5) is 13.7. The minimum absolute atomic E-state index is 0.131. The third-order valence-electron chi connectivity index (χ3n) is 3.93. The van der Waals surface area contributed by atoms with E-state index in [2.05, 4.69) is 12.2 Å². The number of aliphatic hydroxyl groups is 1. The average molecular weight is 253 g/mol. The zero-order valence-corrected chi connectivity index (χ0v) is 11.1. The molecule has 4 heteroatoms. The van der Waals surface area contributed by atoms with Crippen molar-refractivity contribution in [2.24, 2.45) is 5.92 Å². The summed E-state index contributed by atoms with van der Waals surface area (Å²) in [6, 6.07) is 0. The van der Waals surface area contributed by atoms with Gasteiger partial charge >= 0.3 is 0 Å².